The number of aryl methyl sites for hydroxylation is 1. The fourth-order valence-electron chi connectivity index (χ4n) is 2.02. The molecule has 0 aliphatic heterocycles. The minimum absolute atomic E-state index is 0.130. The molecule has 0 spiro atoms. The van der Waals surface area contributed by atoms with Crippen molar-refractivity contribution in [2.45, 2.75) is 25.9 Å². The van der Waals surface area contributed by atoms with Gasteiger partial charge in [0, 0.05) is 18.7 Å². The molecule has 0 fully saturated rings. The first kappa shape index (κ1) is 15.1. The second-order valence-corrected chi connectivity index (χ2v) is 5.43. The maximum atomic E-state index is 11.8. The summed E-state index contributed by atoms with van der Waals surface area (Å²) in [6.45, 7) is 3.74. The Hall–Kier alpha value is -2.27. The van der Waals surface area contributed by atoms with Gasteiger partial charge in [-0.15, -0.1) is 0 Å². The standard InChI is InChI=1S/C16H20N2O3/c1-12-5-3-6-13(9-12)18-15(19)17-11-16(2,20)10-14-7-4-8-21-14/h3-9,20H,10-11H2,1-2H3,(H2,17,18,19)/t16-/m1/s1. The van der Waals surface area contributed by atoms with E-state index in [0.29, 0.717) is 12.2 Å². The average Bonchev–Trinajstić information content (AvgIpc) is 2.89. The number of benzene rings is 1. The van der Waals surface area contributed by atoms with Crippen molar-refractivity contribution in [3.63, 3.8) is 0 Å². The third-order valence-corrected chi connectivity index (χ3v) is 3.04. The van der Waals surface area contributed by atoms with Gasteiger partial charge in [-0.05, 0) is 43.7 Å². The third kappa shape index (κ3) is 4.96. The van der Waals surface area contributed by atoms with Crippen molar-refractivity contribution in [2.24, 2.45) is 0 Å². The highest BCUT2D eigenvalue weighted by Crippen LogP contribution is 2.13. The number of carbonyl (C=O) groups is 1. The lowest BCUT2D eigenvalue weighted by atomic mass is 10.0. The van der Waals surface area contributed by atoms with Gasteiger partial charge in [-0.2, -0.15) is 0 Å². The van der Waals surface area contributed by atoms with Crippen molar-refractivity contribution in [3.8, 4) is 0 Å². The lowest BCUT2D eigenvalue weighted by Gasteiger charge is -2.22. The zero-order chi connectivity index (χ0) is 15.3. The smallest absolute Gasteiger partial charge is 0.319 e. The second kappa shape index (κ2) is 6.45. The number of nitrogens with one attached hydrogen (secondary N) is 2. The van der Waals surface area contributed by atoms with Crippen LogP contribution in [-0.2, 0) is 6.42 Å². The van der Waals surface area contributed by atoms with Gasteiger partial charge in [0.25, 0.3) is 0 Å². The van der Waals surface area contributed by atoms with Crippen LogP contribution in [0.2, 0.25) is 0 Å². The van der Waals surface area contributed by atoms with Crippen LogP contribution in [0.15, 0.2) is 47.1 Å². The Bertz CT molecular complexity index is 591. The molecule has 0 aliphatic carbocycles. The lowest BCUT2D eigenvalue weighted by Crippen LogP contribution is -2.43. The summed E-state index contributed by atoms with van der Waals surface area (Å²) in [4.78, 5) is 11.8. The van der Waals surface area contributed by atoms with Crippen molar-refractivity contribution < 1.29 is 14.3 Å². The van der Waals surface area contributed by atoms with E-state index in [-0.39, 0.29) is 12.6 Å². The molecule has 2 aromatic rings. The average molecular weight is 288 g/mol. The zero-order valence-electron chi connectivity index (χ0n) is 12.2. The van der Waals surface area contributed by atoms with Crippen LogP contribution in [0.25, 0.3) is 0 Å². The van der Waals surface area contributed by atoms with Gasteiger partial charge in [-0.1, -0.05) is 12.1 Å². The van der Waals surface area contributed by atoms with E-state index in [4.69, 9.17) is 4.42 Å². The predicted molar refractivity (Wildman–Crippen MR) is 81.2 cm³/mol. The van der Waals surface area contributed by atoms with E-state index < -0.39 is 5.60 Å². The van der Waals surface area contributed by atoms with Crippen LogP contribution < -0.4 is 10.6 Å². The third-order valence-electron chi connectivity index (χ3n) is 3.04. The molecule has 21 heavy (non-hydrogen) atoms. The molecule has 112 valence electrons. The van der Waals surface area contributed by atoms with Gasteiger partial charge < -0.3 is 20.2 Å². The molecule has 2 amide bonds. The number of amides is 2. The van der Waals surface area contributed by atoms with Crippen LogP contribution in [0.4, 0.5) is 10.5 Å². The van der Waals surface area contributed by atoms with E-state index in [9.17, 15) is 9.90 Å². The Balaban J connectivity index is 1.83. The molecule has 0 radical (unpaired) electrons. The van der Waals surface area contributed by atoms with Gasteiger partial charge in [0.05, 0.1) is 11.9 Å². The highest BCUT2D eigenvalue weighted by atomic mass is 16.3. The summed E-state index contributed by atoms with van der Waals surface area (Å²) < 4.78 is 5.20. The summed E-state index contributed by atoms with van der Waals surface area (Å²) >= 11 is 0. The fraction of sp³-hybridized carbons (Fsp3) is 0.312. The Morgan fingerprint density at radius 1 is 1.33 bits per heavy atom. The molecule has 3 N–H and O–H groups in total. The van der Waals surface area contributed by atoms with Crippen molar-refractivity contribution in [1.29, 1.82) is 0 Å². The number of hydrogen-bond acceptors (Lipinski definition) is 3. The van der Waals surface area contributed by atoms with Gasteiger partial charge in [0.15, 0.2) is 0 Å². The minimum Gasteiger partial charge on any atom is -0.469 e. The summed E-state index contributed by atoms with van der Waals surface area (Å²) in [7, 11) is 0. The van der Waals surface area contributed by atoms with Crippen molar-refractivity contribution in [3.05, 3.63) is 54.0 Å². The number of aliphatic hydroxyl groups is 1. The Kier molecular flexibility index (Phi) is 4.65. The summed E-state index contributed by atoms with van der Waals surface area (Å²) in [5.74, 6) is 0.681. The number of hydrogen-bond donors (Lipinski definition) is 3. The Morgan fingerprint density at radius 2 is 2.14 bits per heavy atom. The van der Waals surface area contributed by atoms with Gasteiger partial charge in [-0.25, -0.2) is 4.79 Å². The van der Waals surface area contributed by atoms with E-state index >= 15 is 0 Å². The number of carbonyl (C=O) groups excluding carboxylic acids is 1. The van der Waals surface area contributed by atoms with Gasteiger partial charge in [0.2, 0.25) is 0 Å². The molecule has 1 atom stereocenters. The van der Waals surface area contributed by atoms with Crippen LogP contribution in [0.5, 0.6) is 0 Å². The molecule has 0 saturated carbocycles. The van der Waals surface area contributed by atoms with Crippen LogP contribution in [0, 0.1) is 6.92 Å². The summed E-state index contributed by atoms with van der Waals surface area (Å²) in [5.41, 5.74) is 0.720. The van der Waals surface area contributed by atoms with Crippen LogP contribution >= 0.6 is 0 Å². The molecule has 5 heteroatoms. The summed E-state index contributed by atoms with van der Waals surface area (Å²) in [6, 6.07) is 10.7. The van der Waals surface area contributed by atoms with E-state index in [2.05, 4.69) is 10.6 Å². The second-order valence-electron chi connectivity index (χ2n) is 5.43. The SMILES string of the molecule is Cc1cccc(NC(=O)NC[C@](C)(O)Cc2ccco2)c1. The largest absolute Gasteiger partial charge is 0.469 e. The van der Waals surface area contributed by atoms with Crippen molar-refractivity contribution in [2.75, 3.05) is 11.9 Å². The molecular weight excluding hydrogens is 268 g/mol. The molecular formula is C16H20N2O3. The van der Waals surface area contributed by atoms with Crippen LogP contribution in [0.3, 0.4) is 0 Å². The number of furan rings is 1. The molecule has 5 nitrogen and oxygen atoms in total. The predicted octanol–water partition coefficient (Wildman–Crippen LogP) is 2.70. The van der Waals surface area contributed by atoms with Crippen LogP contribution in [0.1, 0.15) is 18.2 Å². The number of urea groups is 1. The molecule has 1 aromatic carbocycles. The zero-order valence-corrected chi connectivity index (χ0v) is 12.2. The normalized spacial score (nSPS) is 13.5. The first-order valence-corrected chi connectivity index (χ1v) is 6.81. The summed E-state index contributed by atoms with van der Waals surface area (Å²) in [5, 5.41) is 15.6. The number of rotatable bonds is 5. The molecule has 0 aliphatic rings. The lowest BCUT2D eigenvalue weighted by molar-refractivity contribution is 0.0577. The Morgan fingerprint density at radius 3 is 2.81 bits per heavy atom. The number of anilines is 1. The van der Waals surface area contributed by atoms with E-state index in [0.717, 1.165) is 11.3 Å². The fourth-order valence-corrected chi connectivity index (χ4v) is 2.02. The van der Waals surface area contributed by atoms with Crippen LogP contribution in [-0.4, -0.2) is 23.3 Å². The van der Waals surface area contributed by atoms with Crippen molar-refractivity contribution >= 4 is 11.7 Å². The molecule has 1 aromatic heterocycles. The van der Waals surface area contributed by atoms with Gasteiger partial charge in [0.1, 0.15) is 5.76 Å². The molecule has 0 saturated heterocycles. The molecule has 2 rings (SSSR count). The Labute approximate surface area is 124 Å². The van der Waals surface area contributed by atoms with E-state index in [1.807, 2.05) is 31.2 Å². The van der Waals surface area contributed by atoms with Crippen molar-refractivity contribution in [1.82, 2.24) is 5.32 Å². The highest BCUT2D eigenvalue weighted by Gasteiger charge is 2.23. The minimum atomic E-state index is -1.07. The monoisotopic (exact) mass is 288 g/mol. The topological polar surface area (TPSA) is 74.5 Å². The maximum absolute atomic E-state index is 11.8. The van der Waals surface area contributed by atoms with Gasteiger partial charge >= 0.3 is 6.03 Å². The first-order valence-electron chi connectivity index (χ1n) is 6.81. The van der Waals surface area contributed by atoms with Gasteiger partial charge in [-0.3, -0.25) is 0 Å². The summed E-state index contributed by atoms with van der Waals surface area (Å²) in [6.07, 6.45) is 1.90. The molecule has 0 bridgehead atoms. The highest BCUT2D eigenvalue weighted by molar-refractivity contribution is 5.89. The molecule has 1 heterocycles. The maximum Gasteiger partial charge on any atom is 0.319 e. The first-order chi connectivity index (χ1) is 9.94. The molecule has 0 unspecified atom stereocenters. The van der Waals surface area contributed by atoms with E-state index in [1.54, 1.807) is 25.3 Å². The quantitative estimate of drug-likeness (QED) is 0.792. The van der Waals surface area contributed by atoms with E-state index in [1.165, 1.54) is 0 Å².